The molecule has 0 aliphatic heterocycles. The molecule has 68 valence electrons. The smallest absolute Gasteiger partial charge is 0.308 e. The van der Waals surface area contributed by atoms with E-state index < -0.39 is 5.97 Å². The number of carbonyl (C=O) groups excluding carboxylic acids is 1. The molecule has 0 spiro atoms. The van der Waals surface area contributed by atoms with Gasteiger partial charge in [0, 0.05) is 6.92 Å². The molecule has 0 saturated carbocycles. The molecule has 4 heteroatoms. The minimum absolute atomic E-state index is 0.00884. The molecule has 1 aromatic rings. The van der Waals surface area contributed by atoms with Crippen LogP contribution < -0.4 is 4.74 Å². The Morgan fingerprint density at radius 1 is 1.62 bits per heavy atom. The molecule has 0 saturated heterocycles. The Hall–Kier alpha value is -1.45. The predicted molar refractivity (Wildman–Crippen MR) is 51.7 cm³/mol. The van der Waals surface area contributed by atoms with Gasteiger partial charge < -0.3 is 9.84 Å². The second kappa shape index (κ2) is 3.98. The summed E-state index contributed by atoms with van der Waals surface area (Å²) in [5.41, 5.74) is 1.01. The van der Waals surface area contributed by atoms with Crippen molar-refractivity contribution >= 4 is 13.8 Å². The molecule has 1 aromatic carbocycles. The summed E-state index contributed by atoms with van der Waals surface area (Å²) < 4.78 is 4.76. The average Bonchev–Trinajstić information content (AvgIpc) is 2.08. The summed E-state index contributed by atoms with van der Waals surface area (Å²) in [6.45, 7) is 1.30. The van der Waals surface area contributed by atoms with E-state index in [1.165, 1.54) is 6.92 Å². The topological polar surface area (TPSA) is 46.5 Å². The molecule has 0 unspecified atom stereocenters. The van der Waals surface area contributed by atoms with Crippen LogP contribution in [0.25, 0.3) is 0 Å². The molecule has 3 nitrogen and oxygen atoms in total. The molecule has 0 amide bonds. The minimum Gasteiger partial charge on any atom is -0.504 e. The predicted octanol–water partition coefficient (Wildman–Crippen LogP) is 0.451. The first-order valence-corrected chi connectivity index (χ1v) is 4.13. The van der Waals surface area contributed by atoms with Crippen LogP contribution in [0.1, 0.15) is 12.5 Å². The third-order valence-electron chi connectivity index (χ3n) is 1.69. The number of phenols is 1. The van der Waals surface area contributed by atoms with E-state index in [4.69, 9.17) is 4.74 Å². The number of esters is 1. The first-order chi connectivity index (χ1) is 6.13. The fraction of sp³-hybridized carbons (Fsp3) is 0.222. The van der Waals surface area contributed by atoms with E-state index >= 15 is 0 Å². The van der Waals surface area contributed by atoms with Gasteiger partial charge in [0.25, 0.3) is 0 Å². The summed E-state index contributed by atoms with van der Waals surface area (Å²) >= 11 is 0. The van der Waals surface area contributed by atoms with Gasteiger partial charge in [-0.15, -0.1) is 0 Å². The molecule has 1 rings (SSSR count). The van der Waals surface area contributed by atoms with Gasteiger partial charge in [0.15, 0.2) is 11.5 Å². The fourth-order valence-corrected chi connectivity index (χ4v) is 1.02. The van der Waals surface area contributed by atoms with Crippen molar-refractivity contribution in [3.63, 3.8) is 0 Å². The van der Waals surface area contributed by atoms with Crippen molar-refractivity contribution in [1.29, 1.82) is 0 Å². The zero-order chi connectivity index (χ0) is 9.84. The lowest BCUT2D eigenvalue weighted by Crippen LogP contribution is -2.01. The quantitative estimate of drug-likeness (QED) is 0.406. The van der Waals surface area contributed by atoms with E-state index in [0.717, 1.165) is 11.9 Å². The van der Waals surface area contributed by atoms with Crippen LogP contribution >= 0.6 is 0 Å². The number of rotatable bonds is 2. The summed E-state index contributed by atoms with van der Waals surface area (Å²) in [4.78, 5) is 10.6. The Labute approximate surface area is 77.7 Å². The number of phenolic OH excluding ortho intramolecular Hbond substituents is 1. The van der Waals surface area contributed by atoms with Crippen LogP contribution in [0.5, 0.6) is 11.5 Å². The van der Waals surface area contributed by atoms with Crippen LogP contribution in [-0.4, -0.2) is 18.9 Å². The van der Waals surface area contributed by atoms with Crippen molar-refractivity contribution in [2.75, 3.05) is 0 Å². The highest BCUT2D eigenvalue weighted by molar-refractivity contribution is 6.08. The molecule has 1 N–H and O–H groups in total. The van der Waals surface area contributed by atoms with Gasteiger partial charge in [0.2, 0.25) is 0 Å². The number of aromatic hydroxyl groups is 1. The van der Waals surface area contributed by atoms with Gasteiger partial charge in [0.1, 0.15) is 7.85 Å². The van der Waals surface area contributed by atoms with E-state index in [9.17, 15) is 9.90 Å². The van der Waals surface area contributed by atoms with Gasteiger partial charge in [-0.2, -0.15) is 0 Å². The first-order valence-electron chi connectivity index (χ1n) is 4.13. The number of hydrogen-bond donors (Lipinski definition) is 1. The van der Waals surface area contributed by atoms with Crippen LogP contribution in [0, 0.1) is 0 Å². The van der Waals surface area contributed by atoms with E-state index in [0.29, 0.717) is 0 Å². The van der Waals surface area contributed by atoms with Crippen LogP contribution in [0.15, 0.2) is 18.2 Å². The summed E-state index contributed by atoms with van der Waals surface area (Å²) in [5.74, 6) is -0.209. The number of carbonyl (C=O) groups is 1. The fourth-order valence-electron chi connectivity index (χ4n) is 1.02. The largest absolute Gasteiger partial charge is 0.504 e. The van der Waals surface area contributed by atoms with Crippen molar-refractivity contribution in [1.82, 2.24) is 0 Å². The van der Waals surface area contributed by atoms with Crippen LogP contribution in [0.3, 0.4) is 0 Å². The third-order valence-corrected chi connectivity index (χ3v) is 1.69. The molecule has 0 aliphatic rings. The Bertz CT molecular complexity index is 323. The second-order valence-electron chi connectivity index (χ2n) is 2.75. The standard InChI is InChI=1S/C9H11BO3/c1-6(11)13-9-3-2-7(5-10)4-8(9)12/h2-4,12H,5,10H2,1H3. The Balaban J connectivity index is 2.91. The molecule has 0 heterocycles. The van der Waals surface area contributed by atoms with Gasteiger partial charge >= 0.3 is 5.97 Å². The third kappa shape index (κ3) is 2.51. The average molecular weight is 178 g/mol. The Kier molecular flexibility index (Phi) is 2.95. The van der Waals surface area contributed by atoms with E-state index in [2.05, 4.69) is 0 Å². The highest BCUT2D eigenvalue weighted by Crippen LogP contribution is 2.26. The molecule has 0 bridgehead atoms. The van der Waals surface area contributed by atoms with Crippen molar-refractivity contribution in [3.8, 4) is 11.5 Å². The van der Waals surface area contributed by atoms with Gasteiger partial charge in [-0.1, -0.05) is 17.9 Å². The maximum atomic E-state index is 10.6. The summed E-state index contributed by atoms with van der Waals surface area (Å²) in [6, 6.07) is 5.01. The lowest BCUT2D eigenvalue weighted by Gasteiger charge is -2.04. The monoisotopic (exact) mass is 178 g/mol. The lowest BCUT2D eigenvalue weighted by atomic mass is 9.97. The van der Waals surface area contributed by atoms with E-state index in [1.807, 2.05) is 13.9 Å². The first kappa shape index (κ1) is 9.64. The summed E-state index contributed by atoms with van der Waals surface area (Å²) in [5, 5.41) is 9.39. The SMILES string of the molecule is BCc1ccc(OC(C)=O)c(O)c1. The molecule has 0 radical (unpaired) electrons. The lowest BCUT2D eigenvalue weighted by molar-refractivity contribution is -0.132. The second-order valence-corrected chi connectivity index (χ2v) is 2.75. The molecule has 0 fully saturated rings. The molecular formula is C9H11BO3. The summed E-state index contributed by atoms with van der Waals surface area (Å²) in [7, 11) is 1.99. The minimum atomic E-state index is -0.431. The van der Waals surface area contributed by atoms with Crippen molar-refractivity contribution in [3.05, 3.63) is 23.8 Å². The molecular weight excluding hydrogens is 167 g/mol. The normalized spacial score (nSPS) is 9.62. The highest BCUT2D eigenvalue weighted by Gasteiger charge is 2.04. The number of ether oxygens (including phenoxy) is 1. The molecule has 13 heavy (non-hydrogen) atoms. The number of benzene rings is 1. The van der Waals surface area contributed by atoms with E-state index in [-0.39, 0.29) is 11.5 Å². The Morgan fingerprint density at radius 3 is 2.77 bits per heavy atom. The van der Waals surface area contributed by atoms with Gasteiger partial charge in [-0.05, 0) is 12.1 Å². The van der Waals surface area contributed by atoms with Crippen molar-refractivity contribution in [2.45, 2.75) is 13.2 Å². The Morgan fingerprint density at radius 2 is 2.31 bits per heavy atom. The maximum Gasteiger partial charge on any atom is 0.308 e. The van der Waals surface area contributed by atoms with Gasteiger partial charge in [-0.25, -0.2) is 0 Å². The summed E-state index contributed by atoms with van der Waals surface area (Å²) in [6.07, 6.45) is 0.841. The zero-order valence-electron chi connectivity index (χ0n) is 7.70. The van der Waals surface area contributed by atoms with Crippen LogP contribution in [0.4, 0.5) is 0 Å². The van der Waals surface area contributed by atoms with Crippen LogP contribution in [-0.2, 0) is 11.1 Å². The number of hydrogen-bond acceptors (Lipinski definition) is 3. The molecule has 0 aromatic heterocycles. The van der Waals surface area contributed by atoms with E-state index in [1.54, 1.807) is 12.1 Å². The molecule has 0 atom stereocenters. The van der Waals surface area contributed by atoms with Crippen molar-refractivity contribution in [2.24, 2.45) is 0 Å². The molecule has 0 aliphatic carbocycles. The maximum absolute atomic E-state index is 10.6. The zero-order valence-corrected chi connectivity index (χ0v) is 7.70. The van der Waals surface area contributed by atoms with Gasteiger partial charge in [0.05, 0.1) is 0 Å². The van der Waals surface area contributed by atoms with Crippen LogP contribution in [0.2, 0.25) is 0 Å². The highest BCUT2D eigenvalue weighted by atomic mass is 16.5. The van der Waals surface area contributed by atoms with Gasteiger partial charge in [-0.3, -0.25) is 4.79 Å². The van der Waals surface area contributed by atoms with Crippen molar-refractivity contribution < 1.29 is 14.6 Å².